The summed E-state index contributed by atoms with van der Waals surface area (Å²) in [5, 5.41) is 0.678. The van der Waals surface area contributed by atoms with Crippen molar-refractivity contribution < 1.29 is 13.2 Å². The molecule has 4 rings (SSSR count). The first-order chi connectivity index (χ1) is 13.9. The van der Waals surface area contributed by atoms with Gasteiger partial charge in [0.15, 0.2) is 5.65 Å². The Morgan fingerprint density at radius 1 is 1.03 bits per heavy atom. The number of nitrogens with zero attached hydrogens (tertiary/aromatic N) is 2. The van der Waals surface area contributed by atoms with Gasteiger partial charge in [-0.25, -0.2) is 18.4 Å². The van der Waals surface area contributed by atoms with Crippen molar-refractivity contribution >= 4 is 50.1 Å². The summed E-state index contributed by atoms with van der Waals surface area (Å²) in [6.07, 6.45) is 1.44. The van der Waals surface area contributed by atoms with E-state index in [4.69, 9.17) is 27.9 Å². The summed E-state index contributed by atoms with van der Waals surface area (Å²) in [4.78, 5) is 11.8. The fraction of sp³-hybridized carbons (Fsp3) is 0.0526. The molecule has 7 nitrogen and oxygen atoms in total. The first-order valence-electron chi connectivity index (χ1n) is 8.34. The number of H-pyrrole nitrogens is 1. The Bertz CT molecular complexity index is 1290. The van der Waals surface area contributed by atoms with E-state index < -0.39 is 10.0 Å². The smallest absolute Gasteiger partial charge is 0.261 e. The van der Waals surface area contributed by atoms with Crippen molar-refractivity contribution in [1.82, 2.24) is 15.0 Å². The number of halogens is 2. The van der Waals surface area contributed by atoms with Gasteiger partial charge in [0.2, 0.25) is 0 Å². The zero-order valence-corrected chi connectivity index (χ0v) is 17.3. The van der Waals surface area contributed by atoms with Gasteiger partial charge < -0.3 is 9.72 Å². The number of sulfonamides is 1. The third-order valence-electron chi connectivity index (χ3n) is 4.19. The summed E-state index contributed by atoms with van der Waals surface area (Å²) in [7, 11) is -2.20. The summed E-state index contributed by atoms with van der Waals surface area (Å²) in [6, 6.07) is 12.9. The minimum atomic E-state index is -3.72. The number of benzene rings is 2. The van der Waals surface area contributed by atoms with Crippen LogP contribution in [0.2, 0.25) is 10.0 Å². The molecule has 0 aliphatic carbocycles. The van der Waals surface area contributed by atoms with Gasteiger partial charge in [-0.3, -0.25) is 4.72 Å². The quantitative estimate of drug-likeness (QED) is 0.459. The number of hydrogen-bond donors (Lipinski definition) is 2. The number of nitrogens with one attached hydrogen (secondary N) is 2. The van der Waals surface area contributed by atoms with Gasteiger partial charge in [-0.2, -0.15) is 0 Å². The van der Waals surface area contributed by atoms with E-state index in [9.17, 15) is 8.42 Å². The number of imidazole rings is 1. The molecular weight excluding hydrogens is 435 g/mol. The second kappa shape index (κ2) is 7.55. The van der Waals surface area contributed by atoms with Gasteiger partial charge in [0.25, 0.3) is 10.0 Å². The monoisotopic (exact) mass is 448 g/mol. The number of methoxy groups -OCH3 is 1. The van der Waals surface area contributed by atoms with E-state index in [0.29, 0.717) is 38.5 Å². The number of pyridine rings is 1. The van der Waals surface area contributed by atoms with Crippen molar-refractivity contribution in [2.75, 3.05) is 11.8 Å². The van der Waals surface area contributed by atoms with Crippen molar-refractivity contribution in [2.45, 2.75) is 4.90 Å². The minimum Gasteiger partial charge on any atom is -0.497 e. The molecule has 0 saturated heterocycles. The number of hydrogen-bond acceptors (Lipinski definition) is 5. The molecule has 0 unspecified atom stereocenters. The van der Waals surface area contributed by atoms with Crippen LogP contribution in [0.5, 0.6) is 5.75 Å². The van der Waals surface area contributed by atoms with Gasteiger partial charge in [-0.1, -0.05) is 23.2 Å². The summed E-state index contributed by atoms with van der Waals surface area (Å²) in [6.45, 7) is 0. The Morgan fingerprint density at radius 3 is 2.38 bits per heavy atom. The second-order valence-electron chi connectivity index (χ2n) is 6.06. The zero-order valence-electron chi connectivity index (χ0n) is 15.0. The predicted octanol–water partition coefficient (Wildman–Crippen LogP) is 4.74. The summed E-state index contributed by atoms with van der Waals surface area (Å²) in [5.74, 6) is 1.12. The third kappa shape index (κ3) is 3.87. The van der Waals surface area contributed by atoms with Gasteiger partial charge in [0, 0.05) is 17.4 Å². The number of ether oxygens (including phenoxy) is 1. The Morgan fingerprint density at radius 2 is 1.72 bits per heavy atom. The molecule has 2 heterocycles. The van der Waals surface area contributed by atoms with Gasteiger partial charge >= 0.3 is 0 Å². The maximum absolute atomic E-state index is 12.5. The van der Waals surface area contributed by atoms with E-state index in [1.165, 1.54) is 25.4 Å². The molecular formula is C19H14Cl2N4O3S. The maximum atomic E-state index is 12.5. The van der Waals surface area contributed by atoms with Crippen molar-refractivity contribution in [2.24, 2.45) is 0 Å². The highest BCUT2D eigenvalue weighted by Crippen LogP contribution is 2.30. The average molecular weight is 449 g/mol. The highest BCUT2D eigenvalue weighted by Gasteiger charge is 2.15. The van der Waals surface area contributed by atoms with Crippen molar-refractivity contribution in [3.8, 4) is 17.1 Å². The van der Waals surface area contributed by atoms with Crippen LogP contribution in [0.15, 0.2) is 59.6 Å². The second-order valence-corrected chi connectivity index (χ2v) is 8.53. The van der Waals surface area contributed by atoms with Gasteiger partial charge in [0.05, 0.1) is 22.1 Å². The largest absolute Gasteiger partial charge is 0.497 e. The first kappa shape index (κ1) is 19.5. The molecule has 0 amide bonds. The molecule has 29 heavy (non-hydrogen) atoms. The van der Waals surface area contributed by atoms with Crippen LogP contribution < -0.4 is 9.46 Å². The van der Waals surface area contributed by atoms with E-state index >= 15 is 0 Å². The highest BCUT2D eigenvalue weighted by atomic mass is 35.5. The molecule has 0 bridgehead atoms. The molecule has 10 heteroatoms. The van der Waals surface area contributed by atoms with E-state index in [-0.39, 0.29) is 4.90 Å². The Labute approximate surface area is 176 Å². The SMILES string of the molecule is COc1ccc(S(=O)(=O)Nc2ccc(-c3nc4ncc(Cl)c(Cl)c4[nH]3)cc2)cc1. The van der Waals surface area contributed by atoms with Crippen LogP contribution in [-0.2, 0) is 10.0 Å². The predicted molar refractivity (Wildman–Crippen MR) is 113 cm³/mol. The molecule has 0 radical (unpaired) electrons. The van der Waals surface area contributed by atoms with Crippen molar-refractivity contribution in [1.29, 1.82) is 0 Å². The molecule has 2 aromatic carbocycles. The van der Waals surface area contributed by atoms with Crippen LogP contribution in [0.25, 0.3) is 22.6 Å². The lowest BCUT2D eigenvalue weighted by molar-refractivity contribution is 0.414. The molecule has 4 aromatic rings. The van der Waals surface area contributed by atoms with Crippen LogP contribution in [0, 0.1) is 0 Å². The Kier molecular flexibility index (Phi) is 5.08. The maximum Gasteiger partial charge on any atom is 0.261 e. The number of aromatic amines is 1. The molecule has 0 spiro atoms. The number of fused-ring (bicyclic) bond motifs is 1. The molecule has 0 atom stereocenters. The number of rotatable bonds is 5. The number of anilines is 1. The zero-order chi connectivity index (χ0) is 20.6. The normalized spacial score (nSPS) is 11.6. The van der Waals surface area contributed by atoms with Crippen molar-refractivity contribution in [3.05, 3.63) is 64.8 Å². The molecule has 0 aliphatic rings. The van der Waals surface area contributed by atoms with Gasteiger partial charge in [-0.15, -0.1) is 0 Å². The molecule has 148 valence electrons. The lowest BCUT2D eigenvalue weighted by Crippen LogP contribution is -2.12. The first-order valence-corrected chi connectivity index (χ1v) is 10.6. The minimum absolute atomic E-state index is 0.136. The standard InChI is InChI=1S/C19H14Cl2N4O3S/c1-28-13-6-8-14(9-7-13)29(26,27)25-12-4-2-11(3-5-12)18-23-17-16(21)15(20)10-22-19(17)24-18/h2-10,25H,1H3,(H,22,23,24). The van der Waals surface area contributed by atoms with Crippen LogP contribution in [-0.4, -0.2) is 30.5 Å². The van der Waals surface area contributed by atoms with E-state index in [0.717, 1.165) is 5.56 Å². The molecule has 0 fully saturated rings. The highest BCUT2D eigenvalue weighted by molar-refractivity contribution is 7.92. The van der Waals surface area contributed by atoms with Crippen LogP contribution in [0.1, 0.15) is 0 Å². The molecule has 0 aliphatic heterocycles. The van der Waals surface area contributed by atoms with Crippen LogP contribution in [0.4, 0.5) is 5.69 Å². The fourth-order valence-corrected chi connectivity index (χ4v) is 4.09. The molecule has 0 saturated carbocycles. The van der Waals surface area contributed by atoms with Crippen LogP contribution in [0.3, 0.4) is 0 Å². The molecule has 2 N–H and O–H groups in total. The fourth-order valence-electron chi connectivity index (χ4n) is 2.71. The van der Waals surface area contributed by atoms with Gasteiger partial charge in [0.1, 0.15) is 17.1 Å². The van der Waals surface area contributed by atoms with E-state index in [1.54, 1.807) is 36.4 Å². The molecule has 2 aromatic heterocycles. The average Bonchev–Trinajstić information content (AvgIpc) is 3.16. The summed E-state index contributed by atoms with van der Waals surface area (Å²) in [5.41, 5.74) is 2.14. The van der Waals surface area contributed by atoms with Gasteiger partial charge in [-0.05, 0) is 48.5 Å². The van der Waals surface area contributed by atoms with Crippen LogP contribution >= 0.6 is 23.2 Å². The van der Waals surface area contributed by atoms with E-state index in [2.05, 4.69) is 19.7 Å². The lowest BCUT2D eigenvalue weighted by Gasteiger charge is -2.09. The summed E-state index contributed by atoms with van der Waals surface area (Å²) >= 11 is 12.2. The van der Waals surface area contributed by atoms with E-state index in [1.807, 2.05) is 0 Å². The Hall–Kier alpha value is -2.81. The number of aromatic nitrogens is 3. The Balaban J connectivity index is 1.58. The van der Waals surface area contributed by atoms with Crippen molar-refractivity contribution in [3.63, 3.8) is 0 Å². The topological polar surface area (TPSA) is 97.0 Å². The third-order valence-corrected chi connectivity index (χ3v) is 6.37. The summed E-state index contributed by atoms with van der Waals surface area (Å²) < 4.78 is 32.7. The lowest BCUT2D eigenvalue weighted by atomic mass is 10.2.